The SMILES string of the molecule is O=C(Nc1ccc([N+](=O)[O-])cc1)/C(=C\c1ccc([N+](=O)[O-])cc1)NC(=O)c1ccco1. The van der Waals surface area contributed by atoms with Gasteiger partial charge in [-0.3, -0.25) is 29.8 Å². The average molecular weight is 422 g/mol. The number of hydrogen-bond acceptors (Lipinski definition) is 7. The molecule has 0 aliphatic heterocycles. The predicted octanol–water partition coefficient (Wildman–Crippen LogP) is 3.51. The van der Waals surface area contributed by atoms with Crippen molar-refractivity contribution in [2.24, 2.45) is 0 Å². The molecule has 0 fully saturated rings. The van der Waals surface area contributed by atoms with Crippen LogP contribution in [0.5, 0.6) is 0 Å². The van der Waals surface area contributed by atoms with Crippen molar-refractivity contribution >= 4 is 35.0 Å². The summed E-state index contributed by atoms with van der Waals surface area (Å²) in [4.78, 5) is 45.5. The number of non-ortho nitro benzene ring substituents is 2. The molecule has 2 amide bonds. The van der Waals surface area contributed by atoms with Crippen molar-refractivity contribution in [2.45, 2.75) is 0 Å². The van der Waals surface area contributed by atoms with Gasteiger partial charge in [0.15, 0.2) is 5.76 Å². The summed E-state index contributed by atoms with van der Waals surface area (Å²) in [6, 6.07) is 13.4. The minimum Gasteiger partial charge on any atom is -0.459 e. The number of nitro groups is 2. The molecule has 0 saturated carbocycles. The van der Waals surface area contributed by atoms with E-state index in [2.05, 4.69) is 10.6 Å². The lowest BCUT2D eigenvalue weighted by Gasteiger charge is -2.10. The van der Waals surface area contributed by atoms with Crippen molar-refractivity contribution in [2.75, 3.05) is 5.32 Å². The maximum absolute atomic E-state index is 12.7. The highest BCUT2D eigenvalue weighted by Crippen LogP contribution is 2.18. The van der Waals surface area contributed by atoms with Gasteiger partial charge in [0, 0.05) is 30.0 Å². The van der Waals surface area contributed by atoms with E-state index in [0.717, 1.165) is 0 Å². The second kappa shape index (κ2) is 9.13. The van der Waals surface area contributed by atoms with Gasteiger partial charge < -0.3 is 15.1 Å². The van der Waals surface area contributed by atoms with Crippen molar-refractivity contribution in [3.8, 4) is 0 Å². The van der Waals surface area contributed by atoms with Gasteiger partial charge in [0.1, 0.15) is 5.70 Å². The van der Waals surface area contributed by atoms with Crippen LogP contribution in [-0.4, -0.2) is 21.7 Å². The molecule has 0 spiro atoms. The minimum absolute atomic E-state index is 0.0299. The zero-order valence-corrected chi connectivity index (χ0v) is 15.7. The number of anilines is 1. The van der Waals surface area contributed by atoms with Crippen LogP contribution in [0.25, 0.3) is 6.08 Å². The largest absolute Gasteiger partial charge is 0.459 e. The highest BCUT2D eigenvalue weighted by atomic mass is 16.6. The highest BCUT2D eigenvalue weighted by molar-refractivity contribution is 6.10. The van der Waals surface area contributed by atoms with Crippen molar-refractivity contribution in [3.63, 3.8) is 0 Å². The van der Waals surface area contributed by atoms with Gasteiger partial charge in [0.05, 0.1) is 16.1 Å². The van der Waals surface area contributed by atoms with Gasteiger partial charge in [-0.15, -0.1) is 0 Å². The fourth-order valence-electron chi connectivity index (χ4n) is 2.47. The monoisotopic (exact) mass is 422 g/mol. The summed E-state index contributed by atoms with van der Waals surface area (Å²) in [5.41, 5.74) is 0.227. The molecule has 3 aromatic rings. The normalized spacial score (nSPS) is 10.9. The quantitative estimate of drug-likeness (QED) is 0.335. The van der Waals surface area contributed by atoms with Crippen molar-refractivity contribution in [3.05, 3.63) is 104 Å². The lowest BCUT2D eigenvalue weighted by Crippen LogP contribution is -2.30. The third kappa shape index (κ3) is 5.38. The van der Waals surface area contributed by atoms with E-state index in [4.69, 9.17) is 4.42 Å². The first-order valence-electron chi connectivity index (χ1n) is 8.70. The van der Waals surface area contributed by atoms with E-state index >= 15 is 0 Å². The summed E-state index contributed by atoms with van der Waals surface area (Å²) in [6.45, 7) is 0. The Kier molecular flexibility index (Phi) is 6.16. The summed E-state index contributed by atoms with van der Waals surface area (Å²) < 4.78 is 5.01. The fraction of sp³-hybridized carbons (Fsp3) is 0. The van der Waals surface area contributed by atoms with Gasteiger partial charge in [-0.05, 0) is 48.0 Å². The van der Waals surface area contributed by atoms with Gasteiger partial charge in [0.25, 0.3) is 23.2 Å². The zero-order valence-electron chi connectivity index (χ0n) is 15.7. The number of amides is 2. The molecule has 1 aromatic heterocycles. The Bertz CT molecular complexity index is 1150. The van der Waals surface area contributed by atoms with Crippen LogP contribution < -0.4 is 10.6 Å². The van der Waals surface area contributed by atoms with Gasteiger partial charge in [-0.1, -0.05) is 0 Å². The van der Waals surface area contributed by atoms with Crippen molar-refractivity contribution in [1.29, 1.82) is 0 Å². The number of carbonyl (C=O) groups excluding carboxylic acids is 2. The van der Waals surface area contributed by atoms with E-state index in [1.54, 1.807) is 0 Å². The topological polar surface area (TPSA) is 158 Å². The highest BCUT2D eigenvalue weighted by Gasteiger charge is 2.17. The summed E-state index contributed by atoms with van der Waals surface area (Å²) in [5.74, 6) is -1.43. The summed E-state index contributed by atoms with van der Waals surface area (Å²) in [7, 11) is 0. The number of nitro benzene ring substituents is 2. The van der Waals surface area contributed by atoms with E-state index in [1.807, 2.05) is 0 Å². The first-order chi connectivity index (χ1) is 14.8. The molecule has 11 nitrogen and oxygen atoms in total. The molecule has 3 rings (SSSR count). The van der Waals surface area contributed by atoms with Crippen LogP contribution >= 0.6 is 0 Å². The van der Waals surface area contributed by atoms with E-state index in [-0.39, 0.29) is 28.5 Å². The number of rotatable bonds is 7. The molecule has 31 heavy (non-hydrogen) atoms. The number of furan rings is 1. The summed E-state index contributed by atoms with van der Waals surface area (Å²) in [5, 5.41) is 26.5. The average Bonchev–Trinajstić information content (AvgIpc) is 3.29. The Hall–Kier alpha value is -4.80. The zero-order chi connectivity index (χ0) is 22.4. The summed E-state index contributed by atoms with van der Waals surface area (Å²) in [6.07, 6.45) is 2.62. The maximum atomic E-state index is 12.7. The number of nitrogens with zero attached hydrogens (tertiary/aromatic N) is 2. The molecule has 0 radical (unpaired) electrons. The molecule has 0 atom stereocenters. The molecule has 156 valence electrons. The summed E-state index contributed by atoms with van der Waals surface area (Å²) >= 11 is 0. The smallest absolute Gasteiger partial charge is 0.291 e. The third-order valence-corrected chi connectivity index (χ3v) is 3.99. The first kappa shape index (κ1) is 20.9. The Balaban J connectivity index is 1.86. The third-order valence-electron chi connectivity index (χ3n) is 3.99. The molecule has 0 aliphatic carbocycles. The number of carbonyl (C=O) groups is 2. The molecule has 0 aliphatic rings. The van der Waals surface area contributed by atoms with Gasteiger partial charge in [-0.25, -0.2) is 0 Å². The molecule has 11 heteroatoms. The Labute approximate surface area is 174 Å². The molecule has 0 unspecified atom stereocenters. The lowest BCUT2D eigenvalue weighted by atomic mass is 10.1. The molecule has 0 saturated heterocycles. The van der Waals surface area contributed by atoms with Crippen LogP contribution in [0.3, 0.4) is 0 Å². The second-order valence-corrected chi connectivity index (χ2v) is 6.10. The molecular formula is C20H14N4O7. The van der Waals surface area contributed by atoms with Crippen molar-refractivity contribution in [1.82, 2.24) is 5.32 Å². The Morgan fingerprint density at radius 3 is 1.97 bits per heavy atom. The van der Waals surface area contributed by atoms with E-state index in [1.165, 1.54) is 73.0 Å². The van der Waals surface area contributed by atoms with E-state index in [9.17, 15) is 29.8 Å². The maximum Gasteiger partial charge on any atom is 0.291 e. The molecule has 1 heterocycles. The van der Waals surface area contributed by atoms with Crippen LogP contribution in [-0.2, 0) is 4.79 Å². The minimum atomic E-state index is -0.716. The number of benzene rings is 2. The van der Waals surface area contributed by atoms with Crippen LogP contribution in [0.4, 0.5) is 17.1 Å². The first-order valence-corrected chi connectivity index (χ1v) is 8.70. The van der Waals surface area contributed by atoms with Gasteiger partial charge in [-0.2, -0.15) is 0 Å². The Morgan fingerprint density at radius 1 is 0.871 bits per heavy atom. The number of nitrogens with one attached hydrogen (secondary N) is 2. The standard InChI is InChI=1S/C20H14N4O7/c25-19(21-14-5-9-16(10-6-14)24(29)30)17(22-20(26)18-2-1-11-31-18)12-13-3-7-15(8-4-13)23(27)28/h1-12H,(H,21,25)(H,22,26)/b17-12+. The van der Waals surface area contributed by atoms with Gasteiger partial charge in [0.2, 0.25) is 0 Å². The van der Waals surface area contributed by atoms with Crippen LogP contribution in [0.2, 0.25) is 0 Å². The van der Waals surface area contributed by atoms with Crippen molar-refractivity contribution < 1.29 is 23.9 Å². The molecule has 2 N–H and O–H groups in total. The van der Waals surface area contributed by atoms with E-state index < -0.39 is 21.7 Å². The van der Waals surface area contributed by atoms with Crippen LogP contribution in [0.1, 0.15) is 16.1 Å². The second-order valence-electron chi connectivity index (χ2n) is 6.10. The Morgan fingerprint density at radius 2 is 1.45 bits per heavy atom. The lowest BCUT2D eigenvalue weighted by molar-refractivity contribution is -0.385. The predicted molar refractivity (Wildman–Crippen MR) is 109 cm³/mol. The number of hydrogen-bond donors (Lipinski definition) is 2. The van der Waals surface area contributed by atoms with Gasteiger partial charge >= 0.3 is 0 Å². The molecular weight excluding hydrogens is 408 g/mol. The van der Waals surface area contributed by atoms with Crippen LogP contribution in [0, 0.1) is 20.2 Å². The fourth-order valence-corrected chi connectivity index (χ4v) is 2.47. The van der Waals surface area contributed by atoms with Crippen LogP contribution in [0.15, 0.2) is 77.0 Å². The van der Waals surface area contributed by atoms with E-state index in [0.29, 0.717) is 5.56 Å². The molecule has 0 bridgehead atoms. The molecule has 2 aromatic carbocycles.